The van der Waals surface area contributed by atoms with Crippen LogP contribution in [0.4, 0.5) is 0 Å². The molecule has 18 heteroatoms. The number of carbonyl (C=O) groups excluding carboxylic acids is 2. The average molecular weight is 967 g/mol. The molecule has 2 saturated heterocycles. The highest BCUT2D eigenvalue weighted by molar-refractivity contribution is 8.76. The molecule has 9 unspecified atom stereocenters. The molecule has 2 fully saturated rings. The molecule has 0 radical (unpaired) electrons. The van der Waals surface area contributed by atoms with Crippen LogP contribution < -0.4 is 26.5 Å². The van der Waals surface area contributed by atoms with E-state index in [1.807, 2.05) is 25.5 Å². The summed E-state index contributed by atoms with van der Waals surface area (Å²) < 4.78 is 24.1. The Kier molecular flexibility index (Phi) is 15.0. The van der Waals surface area contributed by atoms with Gasteiger partial charge in [-0.05, 0) is 109 Å². The van der Waals surface area contributed by atoms with Crippen LogP contribution in [0.1, 0.15) is 58.8 Å². The number of nitrogens with two attached hydrogens (primary N) is 1. The van der Waals surface area contributed by atoms with E-state index in [4.69, 9.17) is 24.4 Å². The third kappa shape index (κ3) is 9.51. The molecular formula is C50H54N4O12S2. The largest absolute Gasteiger partial charge is 0.508 e. The first kappa shape index (κ1) is 48.7. The van der Waals surface area contributed by atoms with E-state index in [1.165, 1.54) is 75.2 Å². The Morgan fingerprint density at radius 1 is 1.10 bits per heavy atom. The summed E-state index contributed by atoms with van der Waals surface area (Å²) in [5, 5.41) is 51.4. The van der Waals surface area contributed by atoms with Gasteiger partial charge in [0, 0.05) is 36.7 Å². The molecule has 16 nitrogen and oxygen atoms in total. The van der Waals surface area contributed by atoms with Crippen LogP contribution in [0, 0.1) is 11.8 Å². The number of phenolic OH excluding ortho intramolecular Hbond substituents is 1. The first-order valence-corrected chi connectivity index (χ1v) is 24.7. The number of amides is 1. The SMILES string of the molecule is CNCCC1C=CC(=CCC(C)C2CNCC3(O)C(Oc4ccc5c(=O)c(-c6ccc(O)cc6)c(C(N)=O)oc5c4)OC(C(=O)O)C(O)C3(C=O)OCSSCC2c2cc[nH]c2)c2ccccc21. The first-order valence-electron chi connectivity index (χ1n) is 22.3. The Bertz CT molecular complexity index is 2750. The number of carboxylic acids is 1. The predicted molar refractivity (Wildman–Crippen MR) is 259 cm³/mol. The van der Waals surface area contributed by atoms with Gasteiger partial charge in [0.2, 0.25) is 17.5 Å². The number of β-amino-alcohol motifs (C(OH)–C–C–N with tert-alkyl or cyclic N) is 1. The fourth-order valence-corrected chi connectivity index (χ4v) is 11.6. The Labute approximate surface area is 399 Å². The van der Waals surface area contributed by atoms with Gasteiger partial charge in [0.15, 0.2) is 23.6 Å². The quantitative estimate of drug-likeness (QED) is 0.0532. The summed E-state index contributed by atoms with van der Waals surface area (Å²) in [7, 11) is 4.68. The van der Waals surface area contributed by atoms with Crippen molar-refractivity contribution in [1.29, 1.82) is 0 Å². The van der Waals surface area contributed by atoms with Crippen molar-refractivity contribution in [3.8, 4) is 22.6 Å². The van der Waals surface area contributed by atoms with Gasteiger partial charge in [-0.25, -0.2) is 4.79 Å². The smallest absolute Gasteiger partial charge is 0.335 e. The molecule has 68 heavy (non-hydrogen) atoms. The molecule has 0 spiro atoms. The number of benzene rings is 3. The van der Waals surface area contributed by atoms with Gasteiger partial charge in [-0.1, -0.05) is 83.1 Å². The lowest BCUT2D eigenvalue weighted by Crippen LogP contribution is -2.80. The van der Waals surface area contributed by atoms with E-state index in [2.05, 4.69) is 65.0 Å². The number of ether oxygens (including phenoxy) is 3. The number of carboxylic acid groups (broad SMARTS) is 1. The molecule has 0 bridgehead atoms. The zero-order valence-corrected chi connectivity index (χ0v) is 39.0. The Hall–Kier alpha value is -5.70. The third-order valence-electron chi connectivity index (χ3n) is 13.3. The van der Waals surface area contributed by atoms with E-state index < -0.39 is 59.3 Å². The van der Waals surface area contributed by atoms with Gasteiger partial charge in [0.1, 0.15) is 29.1 Å². The summed E-state index contributed by atoms with van der Waals surface area (Å²) in [4.78, 5) is 55.9. The van der Waals surface area contributed by atoms with Crippen LogP contribution in [0.15, 0.2) is 113 Å². The first-order chi connectivity index (χ1) is 32.8. The lowest BCUT2D eigenvalue weighted by Gasteiger charge is -2.53. The van der Waals surface area contributed by atoms with Crippen molar-refractivity contribution < 1.29 is 53.4 Å². The maximum absolute atomic E-state index is 13.9. The number of fused-ring (bicyclic) bond motifs is 3. The Balaban J connectivity index is 1.13. The zero-order chi connectivity index (χ0) is 48.2. The van der Waals surface area contributed by atoms with Crippen molar-refractivity contribution >= 4 is 56.3 Å². The second kappa shape index (κ2) is 20.9. The van der Waals surface area contributed by atoms with E-state index in [-0.39, 0.29) is 70.1 Å². The second-order valence-corrected chi connectivity index (χ2v) is 19.8. The van der Waals surface area contributed by atoms with Gasteiger partial charge in [-0.3, -0.25) is 14.4 Å². The highest BCUT2D eigenvalue weighted by Gasteiger charge is 2.69. The minimum absolute atomic E-state index is 0.00511. The predicted octanol–water partition coefficient (Wildman–Crippen LogP) is 5.54. The number of primary amides is 1. The number of hydrogen-bond acceptors (Lipinski definition) is 15. The molecule has 5 aromatic rings. The fourth-order valence-electron chi connectivity index (χ4n) is 9.57. The number of aromatic hydroxyl groups is 1. The summed E-state index contributed by atoms with van der Waals surface area (Å²) >= 11 is 0. The fraction of sp³-hybridized carbons (Fsp3) is 0.360. The molecule has 0 saturated carbocycles. The second-order valence-electron chi connectivity index (χ2n) is 17.4. The van der Waals surface area contributed by atoms with Crippen LogP contribution in [0.25, 0.3) is 27.7 Å². The van der Waals surface area contributed by atoms with Crippen LogP contribution >= 0.6 is 21.6 Å². The summed E-state index contributed by atoms with van der Waals surface area (Å²) in [5.74, 6) is -2.75. The van der Waals surface area contributed by atoms with Crippen LogP contribution in [0.2, 0.25) is 0 Å². The van der Waals surface area contributed by atoms with E-state index in [0.717, 1.165) is 24.1 Å². The topological polar surface area (TPSA) is 256 Å². The van der Waals surface area contributed by atoms with E-state index >= 15 is 0 Å². The lowest BCUT2D eigenvalue weighted by atomic mass is 9.73. The number of aliphatic hydroxyl groups excluding tert-OH is 1. The van der Waals surface area contributed by atoms with Crippen molar-refractivity contribution in [3.63, 3.8) is 0 Å². The monoisotopic (exact) mass is 966 g/mol. The highest BCUT2D eigenvalue weighted by atomic mass is 33.1. The number of phenols is 1. The van der Waals surface area contributed by atoms with Crippen LogP contribution in [-0.4, -0.2) is 112 Å². The van der Waals surface area contributed by atoms with Crippen LogP contribution in [0.3, 0.4) is 0 Å². The number of allylic oxidation sites excluding steroid dienone is 4. The van der Waals surface area contributed by atoms with Crippen molar-refractivity contribution in [3.05, 3.63) is 136 Å². The molecular weight excluding hydrogens is 913 g/mol. The molecule has 2 aromatic heterocycles. The number of aromatic nitrogens is 1. The molecule has 9 N–H and O–H groups in total. The minimum atomic E-state index is -2.61. The van der Waals surface area contributed by atoms with Gasteiger partial charge >= 0.3 is 5.97 Å². The molecule has 1 amide bonds. The van der Waals surface area contributed by atoms with Gasteiger partial charge in [0.25, 0.3) is 5.91 Å². The van der Waals surface area contributed by atoms with Gasteiger partial charge in [-0.2, -0.15) is 0 Å². The van der Waals surface area contributed by atoms with E-state index in [1.54, 1.807) is 0 Å². The molecule has 2 aliphatic heterocycles. The normalized spacial score (nSPS) is 27.6. The maximum atomic E-state index is 13.9. The number of hydrogen-bond donors (Lipinski definition) is 8. The number of rotatable bonds is 13. The summed E-state index contributed by atoms with van der Waals surface area (Å²) in [6.07, 6.45) is 6.14. The number of aromatic amines is 1. The van der Waals surface area contributed by atoms with Crippen molar-refractivity contribution in [1.82, 2.24) is 15.6 Å². The molecule has 9 atom stereocenters. The number of aldehydes is 1. The van der Waals surface area contributed by atoms with Crippen molar-refractivity contribution in [2.75, 3.05) is 38.4 Å². The molecule has 358 valence electrons. The third-order valence-corrected chi connectivity index (χ3v) is 15.4. The molecule has 4 heterocycles. The van der Waals surface area contributed by atoms with Crippen molar-refractivity contribution in [2.24, 2.45) is 17.6 Å². The van der Waals surface area contributed by atoms with Crippen LogP contribution in [0.5, 0.6) is 11.5 Å². The number of nitrogens with one attached hydrogen (secondary N) is 3. The summed E-state index contributed by atoms with van der Waals surface area (Å²) in [6, 6.07) is 20.0. The maximum Gasteiger partial charge on any atom is 0.335 e. The highest BCUT2D eigenvalue weighted by Crippen LogP contribution is 2.45. The van der Waals surface area contributed by atoms with Crippen molar-refractivity contribution in [2.45, 2.75) is 61.3 Å². The van der Waals surface area contributed by atoms with Gasteiger partial charge in [0.05, 0.1) is 10.9 Å². The zero-order valence-electron chi connectivity index (χ0n) is 37.3. The standard InChI is InChI=1S/C50H54N4O12S2/c1-28(7-8-29-9-10-30(17-19-52-2)36-6-4-3-5-35(29)36)38-23-54-25-49(62)48(66-44(47(60)61)45(58)50(49,26-55)63-27-68-67-24-39(38)32-18-20-53-22-32)64-34-15-16-37-40(21-34)65-43(46(51)59)41(42(37)57)31-11-13-33(56)14-12-31/h3-6,8-16,18,20-22,26,28,30,38-39,44-45,48,52-54,56,58,62H,7,17,19,23-25,27H2,1-2H3,(H2,51,59)(H,60,61). The average Bonchev–Trinajstić information content (AvgIpc) is 3.87. The Morgan fingerprint density at radius 2 is 1.90 bits per heavy atom. The van der Waals surface area contributed by atoms with E-state index in [9.17, 15) is 39.6 Å². The molecule has 1 aliphatic carbocycles. The van der Waals surface area contributed by atoms with Crippen LogP contribution in [-0.2, 0) is 19.1 Å². The molecule has 8 rings (SSSR count). The Morgan fingerprint density at radius 3 is 2.62 bits per heavy atom. The minimum Gasteiger partial charge on any atom is -0.508 e. The number of aliphatic carboxylic acids is 1. The van der Waals surface area contributed by atoms with E-state index in [0.29, 0.717) is 18.1 Å². The number of carbonyl (C=O) groups is 3. The lowest BCUT2D eigenvalue weighted by molar-refractivity contribution is -0.340. The molecule has 3 aromatic carbocycles. The molecule has 3 aliphatic rings. The number of aliphatic hydroxyl groups is 2. The van der Waals surface area contributed by atoms with Gasteiger partial charge in [-0.15, -0.1) is 0 Å². The summed E-state index contributed by atoms with van der Waals surface area (Å²) in [6.45, 7) is 2.87. The van der Waals surface area contributed by atoms with Gasteiger partial charge < -0.3 is 60.4 Å². The summed E-state index contributed by atoms with van der Waals surface area (Å²) in [5.41, 5.74) is 4.49. The number of H-pyrrole nitrogens is 1.